The van der Waals surface area contributed by atoms with Crippen LogP contribution in [0.5, 0.6) is 11.6 Å². The van der Waals surface area contributed by atoms with Crippen molar-refractivity contribution in [1.29, 1.82) is 0 Å². The Kier molecular flexibility index (Phi) is 5.73. The molecule has 2 N–H and O–H groups in total. The molecule has 2 aliphatic heterocycles. The van der Waals surface area contributed by atoms with Gasteiger partial charge in [0.2, 0.25) is 5.88 Å². The normalized spacial score (nSPS) is 21.3. The molecule has 4 aromatic rings. The molecule has 178 valence electrons. The number of carbonyl (C=O) groups excluding carboxylic acids is 1. The van der Waals surface area contributed by atoms with Gasteiger partial charge in [0, 0.05) is 61.1 Å². The van der Waals surface area contributed by atoms with Gasteiger partial charge in [-0.25, -0.2) is 4.98 Å². The number of piperazine rings is 1. The summed E-state index contributed by atoms with van der Waals surface area (Å²) in [5, 5.41) is 17.9. The van der Waals surface area contributed by atoms with Crippen LogP contribution in [0.25, 0.3) is 22.2 Å². The smallest absolute Gasteiger partial charge is 0.219 e. The summed E-state index contributed by atoms with van der Waals surface area (Å²) < 4.78 is 5.96. The van der Waals surface area contributed by atoms with Crippen LogP contribution in [0, 0.1) is 0 Å². The average molecular weight is 471 g/mol. The van der Waals surface area contributed by atoms with Crippen LogP contribution in [-0.2, 0) is 11.3 Å². The molecule has 6 rings (SSSR count). The van der Waals surface area contributed by atoms with Crippen molar-refractivity contribution in [3.8, 4) is 22.9 Å². The first kappa shape index (κ1) is 21.8. The summed E-state index contributed by atoms with van der Waals surface area (Å²) in [4.78, 5) is 24.7. The van der Waals surface area contributed by atoms with Crippen molar-refractivity contribution in [1.82, 2.24) is 30.0 Å². The summed E-state index contributed by atoms with van der Waals surface area (Å²) >= 11 is 0. The molecule has 9 nitrogen and oxygen atoms in total. The van der Waals surface area contributed by atoms with Crippen molar-refractivity contribution < 1.29 is 14.6 Å². The Morgan fingerprint density at radius 1 is 1.11 bits per heavy atom. The molecule has 2 fully saturated rings. The van der Waals surface area contributed by atoms with E-state index in [9.17, 15) is 9.90 Å². The Balaban J connectivity index is 1.12. The van der Waals surface area contributed by atoms with Crippen molar-refractivity contribution >= 4 is 17.2 Å². The van der Waals surface area contributed by atoms with Crippen molar-refractivity contribution in [3.05, 3.63) is 66.6 Å². The molecular weight excluding hydrogens is 444 g/mol. The summed E-state index contributed by atoms with van der Waals surface area (Å²) in [6, 6.07) is 16.1. The van der Waals surface area contributed by atoms with E-state index >= 15 is 0 Å². The van der Waals surface area contributed by atoms with Crippen molar-refractivity contribution in [2.24, 2.45) is 0 Å². The zero-order valence-electron chi connectivity index (χ0n) is 19.1. The third-order valence-corrected chi connectivity index (χ3v) is 6.92. The number of fused-ring (bicyclic) bond motifs is 3. The van der Waals surface area contributed by atoms with E-state index < -0.39 is 6.23 Å². The number of carbonyl (C=O) groups is 1. The molecule has 0 amide bonds. The topological polar surface area (TPSA) is 107 Å². The van der Waals surface area contributed by atoms with Gasteiger partial charge in [-0.05, 0) is 49.2 Å². The number of aliphatic hydroxyl groups is 1. The minimum atomic E-state index is -0.991. The highest BCUT2D eigenvalue weighted by Gasteiger charge is 2.42. The number of aromatic nitrogens is 4. The largest absolute Gasteiger partial charge is 0.439 e. The summed E-state index contributed by atoms with van der Waals surface area (Å²) in [6.07, 6.45) is 5.13. The third kappa shape index (κ3) is 4.41. The van der Waals surface area contributed by atoms with Gasteiger partial charge in [0.1, 0.15) is 5.75 Å². The quantitative estimate of drug-likeness (QED) is 0.397. The van der Waals surface area contributed by atoms with E-state index in [2.05, 4.69) is 32.2 Å². The summed E-state index contributed by atoms with van der Waals surface area (Å²) in [6.45, 7) is 2.42. The van der Waals surface area contributed by atoms with Crippen LogP contribution in [0.3, 0.4) is 0 Å². The van der Waals surface area contributed by atoms with Gasteiger partial charge in [0.05, 0.1) is 16.9 Å². The molecule has 2 aliphatic rings. The number of aldehydes is 1. The highest BCUT2D eigenvalue weighted by atomic mass is 16.5. The van der Waals surface area contributed by atoms with Gasteiger partial charge < -0.3 is 9.84 Å². The second-order valence-corrected chi connectivity index (χ2v) is 9.19. The number of benzene rings is 1. The lowest BCUT2D eigenvalue weighted by Crippen LogP contribution is -2.57. The second kappa shape index (κ2) is 9.18. The van der Waals surface area contributed by atoms with Gasteiger partial charge in [-0.15, -0.1) is 0 Å². The lowest BCUT2D eigenvalue weighted by molar-refractivity contribution is -0.131. The van der Waals surface area contributed by atoms with Gasteiger partial charge in [0.15, 0.2) is 12.5 Å². The van der Waals surface area contributed by atoms with E-state index in [1.807, 2.05) is 41.3 Å². The first-order chi connectivity index (χ1) is 17.2. The molecule has 35 heavy (non-hydrogen) atoms. The van der Waals surface area contributed by atoms with Crippen LogP contribution < -0.4 is 4.74 Å². The first-order valence-corrected chi connectivity index (χ1v) is 11.8. The SMILES string of the molecule is O=CC(O)N1C2CCC1CN(Cc1ccc3cc(Oc4ccc(-c5ccn[nH]5)cn4)ccc3n1)C2. The number of aliphatic hydroxyl groups excluding tert-OH is 1. The van der Waals surface area contributed by atoms with E-state index in [0.29, 0.717) is 17.9 Å². The summed E-state index contributed by atoms with van der Waals surface area (Å²) in [5.41, 5.74) is 3.77. The number of hydrogen-bond donors (Lipinski definition) is 2. The van der Waals surface area contributed by atoms with Crippen molar-refractivity contribution in [3.63, 3.8) is 0 Å². The van der Waals surface area contributed by atoms with Crippen LogP contribution in [0.2, 0.25) is 0 Å². The Labute approximate surface area is 202 Å². The van der Waals surface area contributed by atoms with E-state index in [0.717, 1.165) is 60.3 Å². The molecular formula is C26H26N6O3. The van der Waals surface area contributed by atoms with E-state index in [-0.39, 0.29) is 12.1 Å². The maximum absolute atomic E-state index is 11.1. The Hall–Kier alpha value is -3.66. The number of H-pyrrole nitrogens is 1. The molecule has 0 spiro atoms. The highest BCUT2D eigenvalue weighted by molar-refractivity contribution is 5.80. The monoisotopic (exact) mass is 470 g/mol. The van der Waals surface area contributed by atoms with Gasteiger partial charge in [-0.2, -0.15) is 5.10 Å². The van der Waals surface area contributed by atoms with Crippen LogP contribution in [-0.4, -0.2) is 72.8 Å². The van der Waals surface area contributed by atoms with Crippen LogP contribution in [0.15, 0.2) is 60.9 Å². The molecule has 0 radical (unpaired) electrons. The minimum absolute atomic E-state index is 0.219. The molecule has 0 aliphatic carbocycles. The van der Waals surface area contributed by atoms with E-state index in [1.165, 1.54) is 0 Å². The standard InChI is InChI=1S/C26H26N6O3/c33-16-26(34)32-20-4-5-21(32)15-31(14-20)13-19-3-1-17-11-22(6-7-23(17)29-19)35-25-8-2-18(12-27-25)24-9-10-28-30-24/h1-3,6-12,16,20-21,26,34H,4-5,13-15H2,(H,28,30). The third-order valence-electron chi connectivity index (χ3n) is 6.92. The van der Waals surface area contributed by atoms with E-state index in [4.69, 9.17) is 9.72 Å². The number of aromatic amines is 1. The molecule has 3 aromatic heterocycles. The van der Waals surface area contributed by atoms with Gasteiger partial charge in [-0.1, -0.05) is 6.07 Å². The molecule has 3 unspecified atom stereocenters. The molecule has 9 heteroatoms. The van der Waals surface area contributed by atoms with Crippen molar-refractivity contribution in [2.75, 3.05) is 13.1 Å². The molecule has 2 saturated heterocycles. The maximum Gasteiger partial charge on any atom is 0.219 e. The predicted octanol–water partition coefficient (Wildman–Crippen LogP) is 2.98. The minimum Gasteiger partial charge on any atom is -0.439 e. The van der Waals surface area contributed by atoms with E-state index in [1.54, 1.807) is 12.4 Å². The van der Waals surface area contributed by atoms with Crippen LogP contribution >= 0.6 is 0 Å². The van der Waals surface area contributed by atoms with Crippen LogP contribution in [0.4, 0.5) is 0 Å². The molecule has 0 saturated carbocycles. The van der Waals surface area contributed by atoms with Gasteiger partial charge in [0.25, 0.3) is 0 Å². The number of rotatable bonds is 7. The fourth-order valence-corrected chi connectivity index (χ4v) is 5.32. The zero-order chi connectivity index (χ0) is 23.8. The van der Waals surface area contributed by atoms with Gasteiger partial charge >= 0.3 is 0 Å². The van der Waals surface area contributed by atoms with Gasteiger partial charge in [-0.3, -0.25) is 24.7 Å². The maximum atomic E-state index is 11.1. The zero-order valence-corrected chi connectivity index (χ0v) is 19.1. The number of likely N-dealkylation sites (tertiary alicyclic amines) is 1. The average Bonchev–Trinajstić information content (AvgIpc) is 3.51. The fourth-order valence-electron chi connectivity index (χ4n) is 5.32. The Morgan fingerprint density at radius 3 is 2.69 bits per heavy atom. The van der Waals surface area contributed by atoms with Crippen molar-refractivity contribution in [2.45, 2.75) is 37.7 Å². The second-order valence-electron chi connectivity index (χ2n) is 9.19. The number of pyridine rings is 2. The Bertz CT molecular complexity index is 1310. The number of nitrogens with zero attached hydrogens (tertiary/aromatic N) is 5. The predicted molar refractivity (Wildman–Crippen MR) is 130 cm³/mol. The fraction of sp³-hybridized carbons (Fsp3) is 0.308. The first-order valence-electron chi connectivity index (χ1n) is 11.8. The Morgan fingerprint density at radius 2 is 1.97 bits per heavy atom. The molecule has 3 atom stereocenters. The highest BCUT2D eigenvalue weighted by Crippen LogP contribution is 2.32. The number of hydrogen-bond acceptors (Lipinski definition) is 8. The molecule has 2 bridgehead atoms. The summed E-state index contributed by atoms with van der Waals surface area (Å²) in [5.74, 6) is 1.22. The lowest BCUT2D eigenvalue weighted by Gasteiger charge is -2.41. The molecule has 5 heterocycles. The summed E-state index contributed by atoms with van der Waals surface area (Å²) in [7, 11) is 0. The number of ether oxygens (including phenoxy) is 1. The molecule has 1 aromatic carbocycles. The lowest BCUT2D eigenvalue weighted by atomic mass is 10.1. The number of nitrogens with one attached hydrogen (secondary N) is 1. The van der Waals surface area contributed by atoms with Crippen LogP contribution in [0.1, 0.15) is 18.5 Å².